The number of hydrogen-bond donors (Lipinski definition) is 2. The predicted octanol–water partition coefficient (Wildman–Crippen LogP) is 1.48. The molecule has 3 heteroatoms. The molecule has 1 heterocycles. The summed E-state index contributed by atoms with van der Waals surface area (Å²) < 4.78 is 0. The third kappa shape index (κ3) is 2.51. The van der Waals surface area contributed by atoms with Gasteiger partial charge in [-0.15, -0.1) is 0 Å². The predicted molar refractivity (Wildman–Crippen MR) is 67.8 cm³/mol. The molecule has 0 bridgehead atoms. The van der Waals surface area contributed by atoms with Crippen LogP contribution >= 0.6 is 0 Å². The summed E-state index contributed by atoms with van der Waals surface area (Å²) in [7, 11) is 1.99. The van der Waals surface area contributed by atoms with Gasteiger partial charge in [-0.1, -0.05) is 29.8 Å². The van der Waals surface area contributed by atoms with Crippen LogP contribution in [0.25, 0.3) is 0 Å². The maximum absolute atomic E-state index is 10.0. The van der Waals surface area contributed by atoms with Crippen LogP contribution in [0.3, 0.4) is 0 Å². The number of aryl methyl sites for hydroxylation is 1. The van der Waals surface area contributed by atoms with Crippen LogP contribution in [0.1, 0.15) is 30.5 Å². The van der Waals surface area contributed by atoms with E-state index in [2.05, 4.69) is 36.1 Å². The third-order valence-electron chi connectivity index (χ3n) is 3.73. The average molecular weight is 235 g/mol. The number of rotatable bonds is 1. The second-order valence-corrected chi connectivity index (χ2v) is 5.45. The van der Waals surface area contributed by atoms with Gasteiger partial charge in [0.05, 0.1) is 6.10 Å². The molecule has 2 rings (SSSR count). The molecule has 0 amide bonds. The van der Waals surface area contributed by atoms with Crippen LogP contribution in [-0.4, -0.2) is 40.4 Å². The van der Waals surface area contributed by atoms with Gasteiger partial charge in [0, 0.05) is 12.6 Å². The van der Waals surface area contributed by atoms with Gasteiger partial charge in [0.2, 0.25) is 0 Å². The lowest BCUT2D eigenvalue weighted by molar-refractivity contribution is -0.121. The standard InChI is InChI=1S/C14H21NO2/c1-10-4-6-11(7-5-10)12-8-13(16)14(2,17)9-15(12)3/h4-7,12-13,16-17H,8-9H2,1-3H3/t12-,13+,14-/m0/s1. The van der Waals surface area contributed by atoms with Crippen molar-refractivity contribution in [1.82, 2.24) is 4.90 Å². The topological polar surface area (TPSA) is 43.7 Å². The number of likely N-dealkylation sites (tertiary alicyclic amines) is 1. The molecule has 0 spiro atoms. The van der Waals surface area contributed by atoms with Crippen molar-refractivity contribution < 1.29 is 10.2 Å². The van der Waals surface area contributed by atoms with E-state index in [4.69, 9.17) is 0 Å². The summed E-state index contributed by atoms with van der Waals surface area (Å²) in [5.74, 6) is 0. The highest BCUT2D eigenvalue weighted by atomic mass is 16.3. The summed E-state index contributed by atoms with van der Waals surface area (Å²) in [6, 6.07) is 8.56. The molecule has 2 N–H and O–H groups in total. The van der Waals surface area contributed by atoms with Crippen LogP contribution in [0.5, 0.6) is 0 Å². The van der Waals surface area contributed by atoms with E-state index in [0.717, 1.165) is 0 Å². The van der Waals surface area contributed by atoms with E-state index in [0.29, 0.717) is 13.0 Å². The molecule has 0 radical (unpaired) electrons. The maximum Gasteiger partial charge on any atom is 0.100 e. The van der Waals surface area contributed by atoms with E-state index < -0.39 is 11.7 Å². The summed E-state index contributed by atoms with van der Waals surface area (Å²) in [4.78, 5) is 2.11. The smallest absolute Gasteiger partial charge is 0.100 e. The van der Waals surface area contributed by atoms with Gasteiger partial charge < -0.3 is 10.2 Å². The average Bonchev–Trinajstić information content (AvgIpc) is 2.24. The zero-order valence-electron chi connectivity index (χ0n) is 10.7. The number of benzene rings is 1. The monoisotopic (exact) mass is 235 g/mol. The highest BCUT2D eigenvalue weighted by Gasteiger charge is 2.40. The van der Waals surface area contributed by atoms with Crippen LogP contribution in [0, 0.1) is 6.92 Å². The fourth-order valence-corrected chi connectivity index (χ4v) is 2.54. The SMILES string of the molecule is Cc1ccc([C@@H]2C[C@@H](O)[C@@](C)(O)CN2C)cc1. The zero-order valence-corrected chi connectivity index (χ0v) is 10.7. The fraction of sp³-hybridized carbons (Fsp3) is 0.571. The molecular formula is C14H21NO2. The summed E-state index contributed by atoms with van der Waals surface area (Å²) in [6.45, 7) is 4.25. The van der Waals surface area contributed by atoms with Gasteiger partial charge in [0.1, 0.15) is 5.60 Å². The van der Waals surface area contributed by atoms with Crippen LogP contribution in [0.2, 0.25) is 0 Å². The summed E-state index contributed by atoms with van der Waals surface area (Å²) in [5.41, 5.74) is 1.43. The van der Waals surface area contributed by atoms with Gasteiger partial charge in [-0.05, 0) is 32.9 Å². The Morgan fingerprint density at radius 3 is 2.47 bits per heavy atom. The molecule has 3 atom stereocenters. The van der Waals surface area contributed by atoms with Crippen molar-refractivity contribution in [1.29, 1.82) is 0 Å². The maximum atomic E-state index is 10.0. The number of β-amino-alcohol motifs (C(OH)–C–C–N with tert-alkyl or cyclic N) is 1. The molecule has 0 saturated carbocycles. The molecule has 1 aliphatic rings. The minimum atomic E-state index is -1.00. The summed E-state index contributed by atoms with van der Waals surface area (Å²) >= 11 is 0. The molecule has 1 fully saturated rings. The van der Waals surface area contributed by atoms with Gasteiger partial charge in [-0.3, -0.25) is 4.90 Å². The molecule has 3 nitrogen and oxygen atoms in total. The lowest BCUT2D eigenvalue weighted by Gasteiger charge is -2.44. The van der Waals surface area contributed by atoms with E-state index in [1.54, 1.807) is 6.92 Å². The van der Waals surface area contributed by atoms with Crippen LogP contribution in [0.15, 0.2) is 24.3 Å². The number of aliphatic hydroxyl groups is 2. The summed E-state index contributed by atoms with van der Waals surface area (Å²) in [5, 5.41) is 20.0. The minimum absolute atomic E-state index is 0.186. The van der Waals surface area contributed by atoms with Crippen molar-refractivity contribution in [3.05, 3.63) is 35.4 Å². The Balaban J connectivity index is 2.20. The van der Waals surface area contributed by atoms with Crippen molar-refractivity contribution in [2.24, 2.45) is 0 Å². The highest BCUT2D eigenvalue weighted by molar-refractivity contribution is 5.25. The lowest BCUT2D eigenvalue weighted by atomic mass is 9.85. The molecule has 0 aromatic heterocycles. The van der Waals surface area contributed by atoms with Crippen molar-refractivity contribution in [2.75, 3.05) is 13.6 Å². The highest BCUT2D eigenvalue weighted by Crippen LogP contribution is 2.34. The van der Waals surface area contributed by atoms with Crippen molar-refractivity contribution in [3.63, 3.8) is 0 Å². The molecule has 17 heavy (non-hydrogen) atoms. The van der Waals surface area contributed by atoms with Gasteiger partial charge in [0.25, 0.3) is 0 Å². The third-order valence-corrected chi connectivity index (χ3v) is 3.73. The molecule has 1 aromatic carbocycles. The first-order valence-corrected chi connectivity index (χ1v) is 6.07. The number of nitrogens with zero attached hydrogens (tertiary/aromatic N) is 1. The van der Waals surface area contributed by atoms with Crippen molar-refractivity contribution in [3.8, 4) is 0 Å². The summed E-state index contributed by atoms with van der Waals surface area (Å²) in [6.07, 6.45) is -0.0861. The Bertz CT molecular complexity index is 386. The number of aliphatic hydroxyl groups excluding tert-OH is 1. The van der Waals surface area contributed by atoms with E-state index in [-0.39, 0.29) is 6.04 Å². The van der Waals surface area contributed by atoms with Gasteiger partial charge in [-0.2, -0.15) is 0 Å². The first kappa shape index (κ1) is 12.6. The fourth-order valence-electron chi connectivity index (χ4n) is 2.54. The normalized spacial score (nSPS) is 34.9. The molecule has 1 aliphatic heterocycles. The zero-order chi connectivity index (χ0) is 12.6. The second-order valence-electron chi connectivity index (χ2n) is 5.45. The van der Waals surface area contributed by atoms with Crippen LogP contribution in [-0.2, 0) is 0 Å². The van der Waals surface area contributed by atoms with E-state index in [1.807, 2.05) is 7.05 Å². The van der Waals surface area contributed by atoms with Gasteiger partial charge in [-0.25, -0.2) is 0 Å². The molecule has 0 unspecified atom stereocenters. The molecule has 0 aliphatic carbocycles. The lowest BCUT2D eigenvalue weighted by Crippen LogP contribution is -2.54. The van der Waals surface area contributed by atoms with Crippen molar-refractivity contribution >= 4 is 0 Å². The Morgan fingerprint density at radius 1 is 1.29 bits per heavy atom. The van der Waals surface area contributed by atoms with E-state index in [9.17, 15) is 10.2 Å². The minimum Gasteiger partial charge on any atom is -0.390 e. The van der Waals surface area contributed by atoms with Crippen molar-refractivity contribution in [2.45, 2.75) is 38.0 Å². The number of likely N-dealkylation sites (N-methyl/N-ethyl adjacent to an activating group) is 1. The quantitative estimate of drug-likeness (QED) is 0.775. The van der Waals surface area contributed by atoms with Crippen LogP contribution in [0.4, 0.5) is 0 Å². The molecule has 94 valence electrons. The first-order chi connectivity index (χ1) is 7.90. The molecule has 1 aromatic rings. The van der Waals surface area contributed by atoms with Gasteiger partial charge in [0.15, 0.2) is 0 Å². The number of hydrogen-bond acceptors (Lipinski definition) is 3. The largest absolute Gasteiger partial charge is 0.390 e. The van der Waals surface area contributed by atoms with E-state index in [1.165, 1.54) is 11.1 Å². The molecular weight excluding hydrogens is 214 g/mol. The van der Waals surface area contributed by atoms with E-state index >= 15 is 0 Å². The molecule has 1 saturated heterocycles. The Kier molecular flexibility index (Phi) is 3.25. The Labute approximate surface area is 103 Å². The number of piperidine rings is 1. The van der Waals surface area contributed by atoms with Crippen LogP contribution < -0.4 is 0 Å². The Hall–Kier alpha value is -0.900. The van der Waals surface area contributed by atoms with Gasteiger partial charge >= 0.3 is 0 Å². The Morgan fingerprint density at radius 2 is 1.88 bits per heavy atom. The first-order valence-electron chi connectivity index (χ1n) is 6.07. The second kappa shape index (κ2) is 4.41.